The third kappa shape index (κ3) is 1.94. The molecule has 92 valence electrons. The number of fused-ring (bicyclic) bond motifs is 2. The van der Waals surface area contributed by atoms with Crippen LogP contribution in [0.25, 0.3) is 0 Å². The molecule has 0 amide bonds. The largest absolute Gasteiger partial charge is 0.353 e. The van der Waals surface area contributed by atoms with E-state index < -0.39 is 0 Å². The van der Waals surface area contributed by atoms with Gasteiger partial charge in [-0.15, -0.1) is 0 Å². The molecule has 2 aliphatic rings. The van der Waals surface area contributed by atoms with E-state index in [0.717, 1.165) is 0 Å². The highest BCUT2D eigenvalue weighted by Crippen LogP contribution is 2.53. The summed E-state index contributed by atoms with van der Waals surface area (Å²) >= 11 is 0. The maximum atomic E-state index is 4.53. The number of nitrogens with zero attached hydrogens (tertiary/aromatic N) is 2. The van der Waals surface area contributed by atoms with Crippen LogP contribution in [0.1, 0.15) is 40.0 Å². The zero-order valence-corrected chi connectivity index (χ0v) is 11.1. The van der Waals surface area contributed by atoms with Crippen molar-refractivity contribution in [3.8, 4) is 0 Å². The van der Waals surface area contributed by atoms with Crippen molar-refractivity contribution >= 4 is 5.82 Å². The molecule has 1 aromatic heterocycles. The van der Waals surface area contributed by atoms with E-state index in [-0.39, 0.29) is 0 Å². The van der Waals surface area contributed by atoms with Crippen LogP contribution in [-0.4, -0.2) is 17.6 Å². The lowest BCUT2D eigenvalue weighted by Gasteiger charge is -2.39. The molecule has 0 unspecified atom stereocenters. The van der Waals surface area contributed by atoms with Crippen molar-refractivity contribution in [2.24, 2.45) is 10.8 Å². The van der Waals surface area contributed by atoms with Crippen molar-refractivity contribution in [1.82, 2.24) is 4.98 Å². The monoisotopic (exact) mass is 230 g/mol. The van der Waals surface area contributed by atoms with Crippen molar-refractivity contribution in [1.29, 1.82) is 0 Å². The van der Waals surface area contributed by atoms with E-state index >= 15 is 0 Å². The average molecular weight is 230 g/mol. The average Bonchev–Trinajstić information content (AvgIpc) is 2.49. The lowest BCUT2D eigenvalue weighted by Crippen LogP contribution is -2.34. The number of hydrogen-bond acceptors (Lipinski definition) is 2. The number of aromatic nitrogens is 1. The summed E-state index contributed by atoms with van der Waals surface area (Å²) in [6.45, 7) is 8.46. The van der Waals surface area contributed by atoms with Crippen molar-refractivity contribution < 1.29 is 0 Å². The first-order valence-electron chi connectivity index (χ1n) is 6.65. The molecule has 1 aliphatic heterocycles. The second-order valence-corrected chi connectivity index (χ2v) is 7.03. The zero-order valence-electron chi connectivity index (χ0n) is 11.1. The molecule has 0 spiro atoms. The molecule has 17 heavy (non-hydrogen) atoms. The molecule has 2 atom stereocenters. The molecule has 1 saturated heterocycles. The zero-order chi connectivity index (χ0) is 12.1. The highest BCUT2D eigenvalue weighted by atomic mass is 15.2. The van der Waals surface area contributed by atoms with Gasteiger partial charge in [-0.25, -0.2) is 4.98 Å². The third-order valence-corrected chi connectivity index (χ3v) is 4.36. The van der Waals surface area contributed by atoms with Gasteiger partial charge in [-0.3, -0.25) is 0 Å². The molecule has 2 bridgehead atoms. The second kappa shape index (κ2) is 3.47. The Labute approximate surface area is 104 Å². The van der Waals surface area contributed by atoms with Gasteiger partial charge in [-0.2, -0.15) is 0 Å². The fourth-order valence-corrected chi connectivity index (χ4v) is 4.25. The van der Waals surface area contributed by atoms with Gasteiger partial charge in [0.1, 0.15) is 5.82 Å². The normalized spacial score (nSPS) is 35.0. The Morgan fingerprint density at radius 2 is 2.06 bits per heavy atom. The standard InChI is InChI=1S/C15H22N2/c1-14(2)8-12-9-15(3,10-14)11-17(12)13-6-4-5-7-16-13/h4-7,12H,8-11H2,1-3H3/t12-,15-/m1/s1. The van der Waals surface area contributed by atoms with E-state index in [4.69, 9.17) is 0 Å². The summed E-state index contributed by atoms with van der Waals surface area (Å²) in [4.78, 5) is 7.06. The fraction of sp³-hybridized carbons (Fsp3) is 0.667. The first kappa shape index (κ1) is 11.1. The number of pyridine rings is 1. The molecule has 0 radical (unpaired) electrons. The van der Waals surface area contributed by atoms with E-state index in [1.165, 1.54) is 31.6 Å². The maximum Gasteiger partial charge on any atom is 0.128 e. The van der Waals surface area contributed by atoms with Crippen LogP contribution in [0.2, 0.25) is 0 Å². The SMILES string of the molecule is CC1(C)C[C@@H]2C[C@@](C)(CN2c2ccccn2)C1. The van der Waals surface area contributed by atoms with Crippen LogP contribution in [-0.2, 0) is 0 Å². The second-order valence-electron chi connectivity index (χ2n) is 7.03. The molecule has 0 N–H and O–H groups in total. The number of anilines is 1. The first-order chi connectivity index (χ1) is 7.98. The minimum absolute atomic E-state index is 0.487. The Kier molecular flexibility index (Phi) is 2.26. The van der Waals surface area contributed by atoms with Crippen molar-refractivity contribution in [3.63, 3.8) is 0 Å². The van der Waals surface area contributed by atoms with Crippen molar-refractivity contribution in [2.75, 3.05) is 11.4 Å². The van der Waals surface area contributed by atoms with E-state index in [9.17, 15) is 0 Å². The Hall–Kier alpha value is -1.05. The van der Waals surface area contributed by atoms with Gasteiger partial charge in [-0.05, 0) is 42.2 Å². The quantitative estimate of drug-likeness (QED) is 0.734. The van der Waals surface area contributed by atoms with E-state index in [0.29, 0.717) is 16.9 Å². The van der Waals surface area contributed by atoms with Gasteiger partial charge in [0.05, 0.1) is 0 Å². The summed E-state index contributed by atoms with van der Waals surface area (Å²) in [7, 11) is 0. The molecule has 2 fully saturated rings. The predicted octanol–water partition coefficient (Wildman–Crippen LogP) is 3.49. The minimum Gasteiger partial charge on any atom is -0.353 e. The molecule has 0 aromatic carbocycles. The maximum absolute atomic E-state index is 4.53. The number of rotatable bonds is 1. The van der Waals surface area contributed by atoms with Gasteiger partial charge in [-0.1, -0.05) is 26.8 Å². The Bertz CT molecular complexity index is 412. The van der Waals surface area contributed by atoms with Crippen LogP contribution in [0.15, 0.2) is 24.4 Å². The minimum atomic E-state index is 0.487. The van der Waals surface area contributed by atoms with E-state index in [1.807, 2.05) is 12.3 Å². The Morgan fingerprint density at radius 1 is 1.24 bits per heavy atom. The molecule has 2 heterocycles. The van der Waals surface area contributed by atoms with Gasteiger partial charge in [0.2, 0.25) is 0 Å². The van der Waals surface area contributed by atoms with Gasteiger partial charge in [0, 0.05) is 18.8 Å². The van der Waals surface area contributed by atoms with Gasteiger partial charge in [0.15, 0.2) is 0 Å². The summed E-state index contributed by atoms with van der Waals surface area (Å²) in [6, 6.07) is 6.94. The molecule has 1 saturated carbocycles. The summed E-state index contributed by atoms with van der Waals surface area (Å²) in [6.07, 6.45) is 5.90. The van der Waals surface area contributed by atoms with Crippen LogP contribution in [0.3, 0.4) is 0 Å². The molecular weight excluding hydrogens is 208 g/mol. The number of hydrogen-bond donors (Lipinski definition) is 0. The van der Waals surface area contributed by atoms with Crippen molar-refractivity contribution in [2.45, 2.75) is 46.1 Å². The molecule has 2 heteroatoms. The van der Waals surface area contributed by atoms with Crippen LogP contribution >= 0.6 is 0 Å². The van der Waals surface area contributed by atoms with Crippen LogP contribution in [0.5, 0.6) is 0 Å². The Balaban J connectivity index is 1.91. The van der Waals surface area contributed by atoms with E-state index in [2.05, 4.69) is 42.8 Å². The highest BCUT2D eigenvalue weighted by Gasteiger charge is 2.49. The molecule has 3 rings (SSSR count). The molecule has 1 aromatic rings. The topological polar surface area (TPSA) is 16.1 Å². The van der Waals surface area contributed by atoms with Crippen LogP contribution in [0, 0.1) is 10.8 Å². The highest BCUT2D eigenvalue weighted by molar-refractivity contribution is 5.42. The summed E-state index contributed by atoms with van der Waals surface area (Å²) in [5.41, 5.74) is 0.977. The molecule has 1 aliphatic carbocycles. The fourth-order valence-electron chi connectivity index (χ4n) is 4.25. The van der Waals surface area contributed by atoms with Crippen LogP contribution in [0.4, 0.5) is 5.82 Å². The van der Waals surface area contributed by atoms with Gasteiger partial charge < -0.3 is 4.90 Å². The molecule has 2 nitrogen and oxygen atoms in total. The lowest BCUT2D eigenvalue weighted by molar-refractivity contribution is 0.136. The van der Waals surface area contributed by atoms with E-state index in [1.54, 1.807) is 0 Å². The summed E-state index contributed by atoms with van der Waals surface area (Å²) in [5, 5.41) is 0. The Morgan fingerprint density at radius 3 is 2.76 bits per heavy atom. The third-order valence-electron chi connectivity index (χ3n) is 4.36. The predicted molar refractivity (Wildman–Crippen MR) is 71.1 cm³/mol. The summed E-state index contributed by atoms with van der Waals surface area (Å²) < 4.78 is 0. The lowest BCUT2D eigenvalue weighted by atomic mass is 9.65. The van der Waals surface area contributed by atoms with Gasteiger partial charge >= 0.3 is 0 Å². The smallest absolute Gasteiger partial charge is 0.128 e. The first-order valence-corrected chi connectivity index (χ1v) is 6.65. The molecular formula is C15H22N2. The summed E-state index contributed by atoms with van der Waals surface area (Å²) in [5.74, 6) is 1.17. The van der Waals surface area contributed by atoms with Crippen LogP contribution < -0.4 is 4.90 Å². The van der Waals surface area contributed by atoms with Gasteiger partial charge in [0.25, 0.3) is 0 Å². The van der Waals surface area contributed by atoms with Crippen molar-refractivity contribution in [3.05, 3.63) is 24.4 Å².